The van der Waals surface area contributed by atoms with E-state index < -0.39 is 0 Å². The molecule has 0 saturated heterocycles. The van der Waals surface area contributed by atoms with Crippen LogP contribution in [0.2, 0.25) is 0 Å². The Morgan fingerprint density at radius 2 is 1.95 bits per heavy atom. The third kappa shape index (κ3) is 2.54. The molecule has 20 heavy (non-hydrogen) atoms. The lowest BCUT2D eigenvalue weighted by molar-refractivity contribution is 0.280. The van der Waals surface area contributed by atoms with Gasteiger partial charge in [0.1, 0.15) is 0 Å². The van der Waals surface area contributed by atoms with Crippen molar-refractivity contribution in [2.24, 2.45) is 23.2 Å². The number of fused-ring (bicyclic) bond motifs is 2. The van der Waals surface area contributed by atoms with Crippen molar-refractivity contribution in [1.29, 1.82) is 0 Å². The third-order valence-corrected chi connectivity index (χ3v) is 6.19. The Morgan fingerprint density at radius 3 is 2.75 bits per heavy atom. The van der Waals surface area contributed by atoms with E-state index in [4.69, 9.17) is 0 Å². The van der Waals surface area contributed by atoms with Crippen molar-refractivity contribution in [3.8, 4) is 0 Å². The highest BCUT2D eigenvalue weighted by molar-refractivity contribution is 5.30. The molecule has 0 aromatic heterocycles. The minimum absolute atomic E-state index is 0.279. The van der Waals surface area contributed by atoms with E-state index in [-0.39, 0.29) is 5.41 Å². The monoisotopic (exact) mass is 270 g/mol. The summed E-state index contributed by atoms with van der Waals surface area (Å²) >= 11 is 0. The van der Waals surface area contributed by atoms with Crippen LogP contribution in [0.5, 0.6) is 0 Å². The lowest BCUT2D eigenvalue weighted by Crippen LogP contribution is -2.28. The topological polar surface area (TPSA) is 0 Å². The van der Waals surface area contributed by atoms with E-state index >= 15 is 0 Å². The van der Waals surface area contributed by atoms with Crippen molar-refractivity contribution in [2.75, 3.05) is 0 Å². The van der Waals surface area contributed by atoms with Crippen LogP contribution in [0.1, 0.15) is 65.7 Å². The van der Waals surface area contributed by atoms with Gasteiger partial charge < -0.3 is 0 Å². The molecule has 0 N–H and O–H groups in total. The Morgan fingerprint density at radius 1 is 1.15 bits per heavy atom. The molecular formula is C20H30. The summed E-state index contributed by atoms with van der Waals surface area (Å²) in [5.74, 6) is 2.55. The van der Waals surface area contributed by atoms with Crippen molar-refractivity contribution in [1.82, 2.24) is 0 Å². The molecule has 3 atom stereocenters. The van der Waals surface area contributed by atoms with Gasteiger partial charge in [-0.25, -0.2) is 0 Å². The normalized spacial score (nSPS) is 38.5. The molecule has 3 rings (SSSR count). The van der Waals surface area contributed by atoms with Gasteiger partial charge in [-0.3, -0.25) is 0 Å². The first-order chi connectivity index (χ1) is 9.47. The molecule has 0 fully saturated rings. The van der Waals surface area contributed by atoms with Gasteiger partial charge in [0.05, 0.1) is 0 Å². The summed E-state index contributed by atoms with van der Waals surface area (Å²) in [5.41, 5.74) is 5.32. The second-order valence-corrected chi connectivity index (χ2v) is 8.09. The van der Waals surface area contributed by atoms with Crippen LogP contribution in [-0.2, 0) is 0 Å². The van der Waals surface area contributed by atoms with Gasteiger partial charge in [0.15, 0.2) is 0 Å². The lowest BCUT2D eigenvalue weighted by atomic mass is 9.64. The van der Waals surface area contributed by atoms with Gasteiger partial charge in [-0.15, -0.1) is 0 Å². The van der Waals surface area contributed by atoms with Crippen molar-refractivity contribution in [3.63, 3.8) is 0 Å². The molecule has 110 valence electrons. The predicted octanol–water partition coefficient (Wildman–Crippen LogP) is 6.06. The van der Waals surface area contributed by atoms with E-state index in [0.29, 0.717) is 0 Å². The van der Waals surface area contributed by atoms with E-state index in [1.165, 1.54) is 50.5 Å². The first-order valence-electron chi connectivity index (χ1n) is 8.56. The Bertz CT molecular complexity index is 460. The van der Waals surface area contributed by atoms with E-state index in [1.54, 1.807) is 0 Å². The van der Waals surface area contributed by atoms with E-state index in [9.17, 15) is 0 Å². The summed E-state index contributed by atoms with van der Waals surface area (Å²) in [5, 5.41) is 0. The van der Waals surface area contributed by atoms with Crippen molar-refractivity contribution in [3.05, 3.63) is 35.5 Å². The van der Waals surface area contributed by atoms with E-state index in [1.807, 2.05) is 11.1 Å². The Hall–Kier alpha value is -0.780. The van der Waals surface area contributed by atoms with Crippen LogP contribution in [0, 0.1) is 23.2 Å². The standard InChI is InChI=1S/C20H30/c1-14-5-10-18-17(13-14)9-8-16-7-6-15(2)20(3,4)12-11-19(16)18/h6-7,14,16,19H,2,5,8-13H2,1,3-4H3/b7-6-. The number of hydrogen-bond acceptors (Lipinski definition) is 0. The highest BCUT2D eigenvalue weighted by Gasteiger charge is 2.35. The first kappa shape index (κ1) is 14.2. The molecule has 0 spiro atoms. The summed E-state index contributed by atoms with van der Waals surface area (Å²) in [4.78, 5) is 0. The molecule has 3 aliphatic carbocycles. The molecule has 0 heteroatoms. The minimum atomic E-state index is 0.279. The number of rotatable bonds is 0. The summed E-state index contributed by atoms with van der Waals surface area (Å²) in [6.07, 6.45) is 14.4. The summed E-state index contributed by atoms with van der Waals surface area (Å²) in [6, 6.07) is 0. The molecule has 0 saturated carbocycles. The maximum atomic E-state index is 4.30. The Labute approximate surface area is 125 Å². The molecule has 3 unspecified atom stereocenters. The second kappa shape index (κ2) is 5.20. The predicted molar refractivity (Wildman–Crippen MR) is 87.6 cm³/mol. The van der Waals surface area contributed by atoms with Crippen LogP contribution in [-0.4, -0.2) is 0 Å². The molecule has 0 amide bonds. The Balaban J connectivity index is 1.89. The number of hydrogen-bond donors (Lipinski definition) is 0. The van der Waals surface area contributed by atoms with Gasteiger partial charge in [-0.1, -0.05) is 50.6 Å². The van der Waals surface area contributed by atoms with Gasteiger partial charge >= 0.3 is 0 Å². The van der Waals surface area contributed by atoms with Crippen LogP contribution >= 0.6 is 0 Å². The zero-order valence-corrected chi connectivity index (χ0v) is 13.5. The summed E-state index contributed by atoms with van der Waals surface area (Å²) < 4.78 is 0. The molecule has 0 nitrogen and oxygen atoms in total. The Kier molecular flexibility index (Phi) is 3.69. The largest absolute Gasteiger partial charge is 0.0953 e. The fourth-order valence-corrected chi connectivity index (χ4v) is 4.50. The molecule has 3 aliphatic rings. The van der Waals surface area contributed by atoms with E-state index in [2.05, 4.69) is 39.5 Å². The highest BCUT2D eigenvalue weighted by Crippen LogP contribution is 2.48. The van der Waals surface area contributed by atoms with Gasteiger partial charge in [0.25, 0.3) is 0 Å². The summed E-state index contributed by atoms with van der Waals surface area (Å²) in [6.45, 7) is 11.5. The fourth-order valence-electron chi connectivity index (χ4n) is 4.50. The van der Waals surface area contributed by atoms with Crippen LogP contribution in [0.25, 0.3) is 0 Å². The van der Waals surface area contributed by atoms with E-state index in [0.717, 1.165) is 17.8 Å². The molecule has 0 bridgehead atoms. The zero-order chi connectivity index (χ0) is 14.3. The molecule has 0 radical (unpaired) electrons. The molecule has 0 aromatic carbocycles. The smallest absolute Gasteiger partial charge is 0.0109 e. The maximum absolute atomic E-state index is 4.30. The van der Waals surface area contributed by atoms with Gasteiger partial charge in [0, 0.05) is 0 Å². The third-order valence-electron chi connectivity index (χ3n) is 6.19. The average molecular weight is 270 g/mol. The first-order valence-corrected chi connectivity index (χ1v) is 8.56. The maximum Gasteiger partial charge on any atom is -0.0109 e. The molecule has 0 aromatic rings. The van der Waals surface area contributed by atoms with Gasteiger partial charge in [-0.2, -0.15) is 0 Å². The van der Waals surface area contributed by atoms with Crippen LogP contribution < -0.4 is 0 Å². The fraction of sp³-hybridized carbons (Fsp3) is 0.700. The summed E-state index contributed by atoms with van der Waals surface area (Å²) in [7, 11) is 0. The second-order valence-electron chi connectivity index (χ2n) is 8.09. The highest BCUT2D eigenvalue weighted by atomic mass is 14.4. The molecule has 0 aliphatic heterocycles. The van der Waals surface area contributed by atoms with Crippen molar-refractivity contribution >= 4 is 0 Å². The minimum Gasteiger partial charge on any atom is -0.0953 e. The number of allylic oxidation sites excluding steroid dienone is 5. The van der Waals surface area contributed by atoms with Crippen LogP contribution in [0.4, 0.5) is 0 Å². The van der Waals surface area contributed by atoms with Gasteiger partial charge in [0.2, 0.25) is 0 Å². The quantitative estimate of drug-likeness (QED) is 0.469. The SMILES string of the molecule is C=C1/C=C\C2CCC3=C(CCC(C)C3)C2CCC1(C)C. The van der Waals surface area contributed by atoms with Crippen LogP contribution in [0.3, 0.4) is 0 Å². The molecular weight excluding hydrogens is 240 g/mol. The van der Waals surface area contributed by atoms with Gasteiger partial charge in [-0.05, 0) is 73.7 Å². The zero-order valence-electron chi connectivity index (χ0n) is 13.5. The van der Waals surface area contributed by atoms with Crippen LogP contribution in [0.15, 0.2) is 35.5 Å². The molecule has 0 heterocycles. The van der Waals surface area contributed by atoms with Crippen molar-refractivity contribution < 1.29 is 0 Å². The van der Waals surface area contributed by atoms with Crippen molar-refractivity contribution in [2.45, 2.75) is 65.7 Å². The lowest BCUT2D eigenvalue weighted by Gasteiger charge is -2.41. The average Bonchev–Trinajstić information content (AvgIpc) is 2.41.